The Hall–Kier alpha value is -2.14. The Morgan fingerprint density at radius 2 is 2.14 bits per heavy atom. The van der Waals surface area contributed by atoms with Gasteiger partial charge in [0.05, 0.1) is 13.1 Å². The molecule has 1 aliphatic heterocycles. The first-order valence-electron chi connectivity index (χ1n) is 7.31. The Bertz CT molecular complexity index is 736. The minimum Gasteiger partial charge on any atom is -0.423 e. The van der Waals surface area contributed by atoms with E-state index in [2.05, 4.69) is 18.3 Å². The number of rotatable bonds is 3. The van der Waals surface area contributed by atoms with Crippen molar-refractivity contribution in [2.75, 3.05) is 19.6 Å². The Morgan fingerprint density at radius 1 is 1.29 bits per heavy atom. The molecule has 0 radical (unpaired) electrons. The highest BCUT2D eigenvalue weighted by molar-refractivity contribution is 5.81. The van der Waals surface area contributed by atoms with Crippen LogP contribution in [0, 0.1) is 0 Å². The van der Waals surface area contributed by atoms with Crippen molar-refractivity contribution in [3.05, 3.63) is 45.8 Å². The fourth-order valence-corrected chi connectivity index (χ4v) is 2.82. The lowest BCUT2D eigenvalue weighted by Gasteiger charge is -2.23. The van der Waals surface area contributed by atoms with Gasteiger partial charge in [-0.2, -0.15) is 0 Å². The highest BCUT2D eigenvalue weighted by atomic mass is 16.4. The van der Waals surface area contributed by atoms with Crippen molar-refractivity contribution >= 4 is 16.9 Å². The molecule has 1 fully saturated rings. The van der Waals surface area contributed by atoms with Gasteiger partial charge in [-0.05, 0) is 18.1 Å². The summed E-state index contributed by atoms with van der Waals surface area (Å²) in [6, 6.07) is 7.55. The topological polar surface area (TPSA) is 63.8 Å². The second-order valence-electron chi connectivity index (χ2n) is 5.48. The first kappa shape index (κ1) is 13.8. The summed E-state index contributed by atoms with van der Waals surface area (Å²) in [6.45, 7) is 4.75. The molecule has 1 saturated heterocycles. The smallest absolute Gasteiger partial charge is 0.336 e. The quantitative estimate of drug-likeness (QED) is 0.773. The normalized spacial score (nSPS) is 18.7. The molecule has 3 rings (SSSR count). The molecule has 1 amide bonds. The third-order valence-corrected chi connectivity index (χ3v) is 3.95. The first-order chi connectivity index (χ1) is 10.2. The van der Waals surface area contributed by atoms with Gasteiger partial charge in [-0.25, -0.2) is 4.79 Å². The molecule has 0 saturated carbocycles. The molecule has 5 nitrogen and oxygen atoms in total. The van der Waals surface area contributed by atoms with Gasteiger partial charge in [0.25, 0.3) is 5.91 Å². The Kier molecular flexibility index (Phi) is 3.75. The number of carbonyl (C=O) groups is 1. The lowest BCUT2D eigenvalue weighted by atomic mass is 10.1. The molecule has 0 bridgehead atoms. The molecule has 1 aliphatic rings. The molecule has 1 aromatic carbocycles. The third-order valence-electron chi connectivity index (χ3n) is 3.95. The summed E-state index contributed by atoms with van der Waals surface area (Å²) in [6.07, 6.45) is 0.904. The van der Waals surface area contributed by atoms with E-state index in [1.807, 2.05) is 12.1 Å². The second kappa shape index (κ2) is 5.69. The van der Waals surface area contributed by atoms with Crippen LogP contribution in [0.25, 0.3) is 11.0 Å². The van der Waals surface area contributed by atoms with E-state index in [1.165, 1.54) is 4.90 Å². The molecule has 2 heterocycles. The van der Waals surface area contributed by atoms with Gasteiger partial charge in [0.15, 0.2) is 6.54 Å². The van der Waals surface area contributed by atoms with Crippen molar-refractivity contribution in [1.29, 1.82) is 0 Å². The van der Waals surface area contributed by atoms with Crippen molar-refractivity contribution < 1.29 is 14.1 Å². The van der Waals surface area contributed by atoms with Gasteiger partial charge in [0, 0.05) is 17.0 Å². The zero-order valence-electron chi connectivity index (χ0n) is 12.1. The van der Waals surface area contributed by atoms with Crippen molar-refractivity contribution in [1.82, 2.24) is 5.32 Å². The lowest BCUT2D eigenvalue weighted by Crippen LogP contribution is -3.14. The zero-order valence-corrected chi connectivity index (χ0v) is 12.1. The van der Waals surface area contributed by atoms with E-state index in [1.54, 1.807) is 6.07 Å². The first-order valence-corrected chi connectivity index (χ1v) is 7.31. The maximum absolute atomic E-state index is 11.8. The summed E-state index contributed by atoms with van der Waals surface area (Å²) in [7, 11) is 0. The van der Waals surface area contributed by atoms with Crippen molar-refractivity contribution in [3.63, 3.8) is 0 Å². The number of quaternary nitrogens is 1. The summed E-state index contributed by atoms with van der Waals surface area (Å²) in [4.78, 5) is 24.4. The van der Waals surface area contributed by atoms with E-state index < -0.39 is 0 Å². The van der Waals surface area contributed by atoms with Crippen LogP contribution in [0.2, 0.25) is 0 Å². The zero-order chi connectivity index (χ0) is 14.8. The van der Waals surface area contributed by atoms with Gasteiger partial charge in [-0.3, -0.25) is 4.79 Å². The molecular formula is C16H19N2O3+. The molecule has 0 aliphatic carbocycles. The molecule has 2 N–H and O–H groups in total. The molecular weight excluding hydrogens is 268 g/mol. The maximum atomic E-state index is 11.8. The van der Waals surface area contributed by atoms with Crippen LogP contribution in [0.5, 0.6) is 0 Å². The molecule has 21 heavy (non-hydrogen) atoms. The largest absolute Gasteiger partial charge is 0.423 e. The molecule has 110 valence electrons. The molecule has 1 aromatic heterocycles. The van der Waals surface area contributed by atoms with Gasteiger partial charge in [-0.1, -0.05) is 19.1 Å². The van der Waals surface area contributed by atoms with Gasteiger partial charge in [-0.15, -0.1) is 0 Å². The number of carbonyl (C=O) groups excluding carboxylic acids is 1. The van der Waals surface area contributed by atoms with Crippen LogP contribution in [0.4, 0.5) is 0 Å². The van der Waals surface area contributed by atoms with Crippen LogP contribution in [0.1, 0.15) is 18.1 Å². The number of piperazine rings is 1. The average molecular weight is 287 g/mol. The number of aryl methyl sites for hydroxylation is 1. The minimum absolute atomic E-state index is 0.0665. The van der Waals surface area contributed by atoms with Gasteiger partial charge in [0.2, 0.25) is 0 Å². The van der Waals surface area contributed by atoms with Crippen LogP contribution in [0.15, 0.2) is 33.5 Å². The monoisotopic (exact) mass is 287 g/mol. The van der Waals surface area contributed by atoms with Crippen molar-refractivity contribution in [2.24, 2.45) is 0 Å². The highest BCUT2D eigenvalue weighted by Crippen LogP contribution is 2.18. The number of hydrogen-bond donors (Lipinski definition) is 2. The Balaban J connectivity index is 1.97. The summed E-state index contributed by atoms with van der Waals surface area (Å²) < 4.78 is 5.31. The summed E-state index contributed by atoms with van der Waals surface area (Å²) in [5.41, 5.74) is 2.41. The maximum Gasteiger partial charge on any atom is 0.336 e. The highest BCUT2D eigenvalue weighted by Gasteiger charge is 2.21. The second-order valence-corrected chi connectivity index (χ2v) is 5.48. The van der Waals surface area contributed by atoms with E-state index in [0.29, 0.717) is 25.2 Å². The summed E-state index contributed by atoms with van der Waals surface area (Å²) >= 11 is 0. The van der Waals surface area contributed by atoms with Crippen LogP contribution in [-0.2, 0) is 17.8 Å². The van der Waals surface area contributed by atoms with Crippen LogP contribution in [0.3, 0.4) is 0 Å². The predicted molar refractivity (Wildman–Crippen MR) is 79.3 cm³/mol. The standard InChI is InChI=1S/C16H18N2O3/c1-2-11-3-4-13-12(8-16(20)21-14(13)7-11)9-18-6-5-17-15(19)10-18/h3-4,7-8H,2,5-6,9-10H2,1H3,(H,17,19)/p+1. The van der Waals surface area contributed by atoms with E-state index >= 15 is 0 Å². The fraction of sp³-hybridized carbons (Fsp3) is 0.375. The molecule has 1 atom stereocenters. The van der Waals surface area contributed by atoms with Gasteiger partial charge < -0.3 is 14.6 Å². The average Bonchev–Trinajstić information content (AvgIpc) is 2.46. The third kappa shape index (κ3) is 2.97. The SMILES string of the molecule is CCc1ccc2c(C[NH+]3CCNC(=O)C3)cc(=O)oc2c1. The number of amides is 1. The summed E-state index contributed by atoms with van der Waals surface area (Å²) in [5, 5.41) is 3.78. The molecule has 0 spiro atoms. The van der Waals surface area contributed by atoms with Crippen LogP contribution >= 0.6 is 0 Å². The van der Waals surface area contributed by atoms with Gasteiger partial charge >= 0.3 is 5.63 Å². The Morgan fingerprint density at radius 3 is 2.90 bits per heavy atom. The van der Waals surface area contributed by atoms with Gasteiger partial charge in [0.1, 0.15) is 12.1 Å². The number of fused-ring (bicyclic) bond motifs is 1. The van der Waals surface area contributed by atoms with Crippen molar-refractivity contribution in [3.8, 4) is 0 Å². The fourth-order valence-electron chi connectivity index (χ4n) is 2.82. The van der Waals surface area contributed by atoms with Crippen LogP contribution in [-0.4, -0.2) is 25.5 Å². The van der Waals surface area contributed by atoms with E-state index in [-0.39, 0.29) is 11.5 Å². The molecule has 2 aromatic rings. The predicted octanol–water partition coefficient (Wildman–Crippen LogP) is -0.130. The minimum atomic E-state index is -0.327. The number of hydrogen-bond acceptors (Lipinski definition) is 3. The van der Waals surface area contributed by atoms with E-state index in [9.17, 15) is 9.59 Å². The van der Waals surface area contributed by atoms with E-state index in [4.69, 9.17) is 4.42 Å². The summed E-state index contributed by atoms with van der Waals surface area (Å²) in [5.74, 6) is 0.0665. The molecule has 1 unspecified atom stereocenters. The van der Waals surface area contributed by atoms with Crippen LogP contribution < -0.4 is 15.8 Å². The Labute approximate surface area is 122 Å². The number of nitrogens with one attached hydrogen (secondary N) is 2. The van der Waals surface area contributed by atoms with E-state index in [0.717, 1.165) is 29.5 Å². The van der Waals surface area contributed by atoms with Crippen molar-refractivity contribution in [2.45, 2.75) is 19.9 Å². The molecule has 5 heteroatoms. The number of benzene rings is 1. The lowest BCUT2D eigenvalue weighted by molar-refractivity contribution is -0.907.